The van der Waals surface area contributed by atoms with Crippen molar-refractivity contribution >= 4 is 5.91 Å². The highest BCUT2D eigenvalue weighted by molar-refractivity contribution is 5.79. The summed E-state index contributed by atoms with van der Waals surface area (Å²) < 4.78 is 17.2. The number of halogens is 1. The second-order valence-electron chi connectivity index (χ2n) is 7.97. The highest BCUT2D eigenvalue weighted by Crippen LogP contribution is 2.32. The Kier molecular flexibility index (Phi) is 4.13. The van der Waals surface area contributed by atoms with Crippen molar-refractivity contribution in [3.63, 3.8) is 0 Å². The number of aromatic nitrogens is 3. The summed E-state index contributed by atoms with van der Waals surface area (Å²) in [5.74, 6) is 0.750. The van der Waals surface area contributed by atoms with Crippen LogP contribution in [0, 0.1) is 5.82 Å². The average Bonchev–Trinajstić information content (AvgIpc) is 3.30. The summed E-state index contributed by atoms with van der Waals surface area (Å²) in [4.78, 5) is 14.6. The van der Waals surface area contributed by atoms with Gasteiger partial charge in [-0.25, -0.2) is 9.07 Å². The van der Waals surface area contributed by atoms with Crippen molar-refractivity contribution in [3.8, 4) is 5.82 Å². The predicted octanol–water partition coefficient (Wildman–Crippen LogP) is 3.65. The van der Waals surface area contributed by atoms with Crippen LogP contribution in [0.25, 0.3) is 5.82 Å². The Morgan fingerprint density at radius 1 is 1.11 bits per heavy atom. The van der Waals surface area contributed by atoms with Gasteiger partial charge in [-0.1, -0.05) is 12.1 Å². The zero-order valence-electron chi connectivity index (χ0n) is 15.8. The van der Waals surface area contributed by atoms with Crippen LogP contribution in [0.1, 0.15) is 37.6 Å². The van der Waals surface area contributed by atoms with Gasteiger partial charge >= 0.3 is 0 Å². The van der Waals surface area contributed by atoms with Crippen molar-refractivity contribution in [1.29, 1.82) is 0 Å². The van der Waals surface area contributed by atoms with Gasteiger partial charge in [0.1, 0.15) is 11.6 Å². The Morgan fingerprint density at radius 2 is 1.78 bits per heavy atom. The highest BCUT2D eigenvalue weighted by atomic mass is 19.1. The van der Waals surface area contributed by atoms with Crippen molar-refractivity contribution in [1.82, 2.24) is 19.2 Å². The molecular weight excluding hydrogens is 343 g/mol. The summed E-state index contributed by atoms with van der Waals surface area (Å²) in [5.41, 5.74) is 2.69. The molecule has 0 radical (unpaired) electrons. The fraction of sp³-hybridized carbons (Fsp3) is 0.333. The molecule has 1 aromatic carbocycles. The molecular formula is C21H23FN4O. The minimum Gasteiger partial charge on any atom is -0.332 e. The third-order valence-electron chi connectivity index (χ3n) is 4.83. The number of carbonyl (C=O) groups excluding carboxylic acids is 1. The molecule has 0 saturated heterocycles. The van der Waals surface area contributed by atoms with E-state index in [1.165, 1.54) is 12.1 Å². The summed E-state index contributed by atoms with van der Waals surface area (Å²) in [7, 11) is 0. The first-order chi connectivity index (χ1) is 12.8. The van der Waals surface area contributed by atoms with Crippen LogP contribution in [0.5, 0.6) is 0 Å². The van der Waals surface area contributed by atoms with Gasteiger partial charge in [0, 0.05) is 18.0 Å². The van der Waals surface area contributed by atoms with Gasteiger partial charge in [-0.05, 0) is 50.6 Å². The van der Waals surface area contributed by atoms with Gasteiger partial charge in [0.15, 0.2) is 0 Å². The van der Waals surface area contributed by atoms with Gasteiger partial charge in [-0.2, -0.15) is 5.10 Å². The molecule has 0 unspecified atom stereocenters. The third kappa shape index (κ3) is 3.27. The molecule has 3 aromatic rings. The minimum atomic E-state index is -0.292. The first-order valence-electron chi connectivity index (χ1n) is 9.10. The van der Waals surface area contributed by atoms with Crippen LogP contribution in [0.2, 0.25) is 0 Å². The standard InChI is InChI=1S/C21H23FN4O/c1-21(2,3)26-20(24-10-4-5-11-24)17-13-25(14-18(17)23-26)19(27)12-15-6-8-16(22)9-7-15/h4-11H,12-14H2,1-3H3. The summed E-state index contributed by atoms with van der Waals surface area (Å²) in [5, 5.41) is 4.82. The van der Waals surface area contributed by atoms with E-state index in [0.717, 1.165) is 22.6 Å². The van der Waals surface area contributed by atoms with Crippen LogP contribution in [-0.2, 0) is 29.8 Å². The van der Waals surface area contributed by atoms with Crippen LogP contribution in [0.15, 0.2) is 48.8 Å². The number of hydrogen-bond acceptors (Lipinski definition) is 2. The predicted molar refractivity (Wildman–Crippen MR) is 101 cm³/mol. The molecule has 5 nitrogen and oxygen atoms in total. The number of rotatable bonds is 3. The molecule has 6 heteroatoms. The number of hydrogen-bond donors (Lipinski definition) is 0. The van der Waals surface area contributed by atoms with E-state index in [-0.39, 0.29) is 23.7 Å². The lowest BCUT2D eigenvalue weighted by Gasteiger charge is -2.24. The Labute approximate surface area is 158 Å². The van der Waals surface area contributed by atoms with Crippen LogP contribution < -0.4 is 0 Å². The molecule has 1 aliphatic rings. The fourth-order valence-corrected chi connectivity index (χ4v) is 3.48. The van der Waals surface area contributed by atoms with Gasteiger partial charge in [0.2, 0.25) is 5.91 Å². The second-order valence-corrected chi connectivity index (χ2v) is 7.97. The summed E-state index contributed by atoms with van der Waals surface area (Å²) in [6.07, 6.45) is 4.27. The van der Waals surface area contributed by atoms with E-state index in [0.29, 0.717) is 13.1 Å². The Hall–Kier alpha value is -2.89. The molecule has 0 spiro atoms. The van der Waals surface area contributed by atoms with Gasteiger partial charge < -0.3 is 9.47 Å². The van der Waals surface area contributed by atoms with Crippen molar-refractivity contribution < 1.29 is 9.18 Å². The summed E-state index contributed by atoms with van der Waals surface area (Å²) in [6, 6.07) is 10.1. The SMILES string of the molecule is CC(C)(C)n1nc2c(c1-n1cccc1)CN(C(=O)Cc1ccc(F)cc1)C2. The molecule has 3 heterocycles. The molecule has 0 bridgehead atoms. The van der Waals surface area contributed by atoms with Crippen LogP contribution in [0.4, 0.5) is 4.39 Å². The molecule has 0 N–H and O–H groups in total. The summed E-state index contributed by atoms with van der Waals surface area (Å²) >= 11 is 0. The quantitative estimate of drug-likeness (QED) is 0.710. The van der Waals surface area contributed by atoms with E-state index in [1.54, 1.807) is 12.1 Å². The molecule has 0 fully saturated rings. The second kappa shape index (κ2) is 6.37. The highest BCUT2D eigenvalue weighted by Gasteiger charge is 2.33. The van der Waals surface area contributed by atoms with Crippen LogP contribution in [0.3, 0.4) is 0 Å². The molecule has 0 saturated carbocycles. The fourth-order valence-electron chi connectivity index (χ4n) is 3.48. The molecule has 0 aliphatic carbocycles. The number of fused-ring (bicyclic) bond motifs is 1. The van der Waals surface area contributed by atoms with Crippen LogP contribution >= 0.6 is 0 Å². The lowest BCUT2D eigenvalue weighted by atomic mass is 10.1. The molecule has 1 amide bonds. The van der Waals surface area contributed by atoms with Crippen molar-refractivity contribution in [2.45, 2.75) is 45.8 Å². The maximum atomic E-state index is 13.1. The maximum absolute atomic E-state index is 13.1. The topological polar surface area (TPSA) is 43.1 Å². The number of amides is 1. The van der Waals surface area contributed by atoms with E-state index in [4.69, 9.17) is 5.10 Å². The first kappa shape index (κ1) is 17.5. The van der Waals surface area contributed by atoms with Gasteiger partial charge in [0.05, 0.1) is 30.7 Å². The van der Waals surface area contributed by atoms with Gasteiger partial charge in [-0.3, -0.25) is 4.79 Å². The van der Waals surface area contributed by atoms with Crippen molar-refractivity contribution in [2.24, 2.45) is 0 Å². The zero-order chi connectivity index (χ0) is 19.2. The van der Waals surface area contributed by atoms with Crippen LogP contribution in [-0.4, -0.2) is 25.2 Å². The Bertz CT molecular complexity index is 965. The number of carbonyl (C=O) groups is 1. The van der Waals surface area contributed by atoms with Crippen molar-refractivity contribution in [2.75, 3.05) is 0 Å². The van der Waals surface area contributed by atoms with E-state index in [1.807, 2.05) is 34.1 Å². The van der Waals surface area contributed by atoms with E-state index in [2.05, 4.69) is 25.3 Å². The lowest BCUT2D eigenvalue weighted by Crippen LogP contribution is -2.30. The number of nitrogens with zero attached hydrogens (tertiary/aromatic N) is 4. The zero-order valence-corrected chi connectivity index (χ0v) is 15.8. The Balaban J connectivity index is 1.60. The molecule has 1 aliphatic heterocycles. The first-order valence-corrected chi connectivity index (χ1v) is 9.10. The molecule has 4 rings (SSSR count). The lowest BCUT2D eigenvalue weighted by molar-refractivity contribution is -0.131. The third-order valence-corrected chi connectivity index (χ3v) is 4.83. The van der Waals surface area contributed by atoms with Gasteiger partial charge in [0.25, 0.3) is 0 Å². The molecule has 140 valence electrons. The Morgan fingerprint density at radius 3 is 2.41 bits per heavy atom. The minimum absolute atomic E-state index is 0.0281. The van der Waals surface area contributed by atoms with E-state index < -0.39 is 0 Å². The molecule has 27 heavy (non-hydrogen) atoms. The smallest absolute Gasteiger partial charge is 0.227 e. The van der Waals surface area contributed by atoms with E-state index >= 15 is 0 Å². The van der Waals surface area contributed by atoms with Crippen molar-refractivity contribution in [3.05, 3.63) is 71.4 Å². The molecule has 0 atom stereocenters. The summed E-state index contributed by atoms with van der Waals surface area (Å²) in [6.45, 7) is 7.42. The molecule has 2 aromatic heterocycles. The van der Waals surface area contributed by atoms with Gasteiger partial charge in [-0.15, -0.1) is 0 Å². The maximum Gasteiger partial charge on any atom is 0.227 e. The largest absolute Gasteiger partial charge is 0.332 e. The normalized spacial score (nSPS) is 13.9. The monoisotopic (exact) mass is 366 g/mol. The number of benzene rings is 1. The van der Waals surface area contributed by atoms with E-state index in [9.17, 15) is 9.18 Å². The average molecular weight is 366 g/mol.